The van der Waals surface area contributed by atoms with E-state index in [2.05, 4.69) is 4.98 Å². The van der Waals surface area contributed by atoms with Crippen molar-refractivity contribution < 1.29 is 24.6 Å². The van der Waals surface area contributed by atoms with E-state index in [1.807, 2.05) is 0 Å². The summed E-state index contributed by atoms with van der Waals surface area (Å²) in [5.41, 5.74) is 0.329. The molecule has 20 heavy (non-hydrogen) atoms. The first-order valence-corrected chi connectivity index (χ1v) is 5.92. The van der Waals surface area contributed by atoms with Gasteiger partial charge in [0.15, 0.2) is 0 Å². The molecule has 1 unspecified atom stereocenters. The van der Waals surface area contributed by atoms with E-state index in [0.29, 0.717) is 5.56 Å². The Balaban J connectivity index is 2.20. The van der Waals surface area contributed by atoms with E-state index in [1.165, 1.54) is 29.4 Å². The number of carboxylic acid groups (broad SMARTS) is 2. The number of carboxylic acids is 1. The minimum Gasteiger partial charge on any atom is -0.480 e. The molecule has 1 saturated heterocycles. The molecule has 0 aromatic carbocycles. The van der Waals surface area contributed by atoms with Crippen molar-refractivity contribution in [2.45, 2.75) is 6.04 Å². The number of pyridine rings is 1. The van der Waals surface area contributed by atoms with Gasteiger partial charge in [-0.3, -0.25) is 9.78 Å². The molecule has 0 bridgehead atoms. The number of piperazine rings is 1. The van der Waals surface area contributed by atoms with Crippen molar-refractivity contribution in [3.8, 4) is 0 Å². The summed E-state index contributed by atoms with van der Waals surface area (Å²) in [5.74, 6) is -1.66. The fourth-order valence-corrected chi connectivity index (χ4v) is 2.07. The molecule has 1 aromatic rings. The number of hydrogen-bond donors (Lipinski definition) is 2. The summed E-state index contributed by atoms with van der Waals surface area (Å²) < 4.78 is 0. The topological polar surface area (TPSA) is 111 Å². The summed E-state index contributed by atoms with van der Waals surface area (Å²) in [6.45, 7) is -0.0954. The molecule has 2 heterocycles. The van der Waals surface area contributed by atoms with Crippen LogP contribution in [0.15, 0.2) is 24.5 Å². The van der Waals surface area contributed by atoms with Crippen molar-refractivity contribution >= 4 is 18.0 Å². The number of amides is 2. The average molecular weight is 279 g/mol. The Bertz CT molecular complexity index is 533. The Morgan fingerprint density at radius 2 is 1.80 bits per heavy atom. The third-order valence-electron chi connectivity index (χ3n) is 3.12. The van der Waals surface area contributed by atoms with Gasteiger partial charge in [-0.2, -0.15) is 0 Å². The molecule has 106 valence electrons. The number of carbonyl (C=O) groups excluding carboxylic acids is 1. The van der Waals surface area contributed by atoms with Crippen LogP contribution in [0.3, 0.4) is 0 Å². The zero-order chi connectivity index (χ0) is 14.7. The van der Waals surface area contributed by atoms with Crippen molar-refractivity contribution in [1.82, 2.24) is 14.8 Å². The fourth-order valence-electron chi connectivity index (χ4n) is 2.07. The van der Waals surface area contributed by atoms with Gasteiger partial charge in [0.1, 0.15) is 6.04 Å². The number of nitrogens with zero attached hydrogens (tertiary/aromatic N) is 3. The molecular weight excluding hydrogens is 266 g/mol. The molecule has 1 aromatic heterocycles. The maximum atomic E-state index is 12.3. The molecule has 8 nitrogen and oxygen atoms in total. The molecule has 2 rings (SSSR count). The molecule has 1 atom stereocenters. The van der Waals surface area contributed by atoms with Gasteiger partial charge < -0.3 is 20.0 Å². The predicted molar refractivity (Wildman–Crippen MR) is 66.3 cm³/mol. The standard InChI is InChI=1S/C12H13N3O5/c16-10(8-1-3-13-4-2-8)15-6-5-14(12(19)20)7-9(15)11(17)18/h1-4,9H,5-7H2,(H,17,18)(H,19,20). The third kappa shape index (κ3) is 2.68. The second kappa shape index (κ2) is 5.55. The second-order valence-electron chi connectivity index (χ2n) is 4.32. The molecule has 0 spiro atoms. The van der Waals surface area contributed by atoms with Crippen molar-refractivity contribution in [3.05, 3.63) is 30.1 Å². The van der Waals surface area contributed by atoms with Gasteiger partial charge in [-0.05, 0) is 12.1 Å². The Morgan fingerprint density at radius 1 is 1.15 bits per heavy atom. The van der Waals surface area contributed by atoms with Gasteiger partial charge in [0.2, 0.25) is 0 Å². The van der Waals surface area contributed by atoms with Crippen LogP contribution >= 0.6 is 0 Å². The highest BCUT2D eigenvalue weighted by atomic mass is 16.4. The molecular formula is C12H13N3O5. The zero-order valence-electron chi connectivity index (χ0n) is 10.5. The van der Waals surface area contributed by atoms with E-state index in [1.54, 1.807) is 0 Å². The molecule has 0 aliphatic carbocycles. The van der Waals surface area contributed by atoms with Crippen molar-refractivity contribution in [3.63, 3.8) is 0 Å². The van der Waals surface area contributed by atoms with Gasteiger partial charge in [-0.15, -0.1) is 0 Å². The number of hydrogen-bond acceptors (Lipinski definition) is 4. The highest BCUT2D eigenvalue weighted by molar-refractivity contribution is 5.96. The van der Waals surface area contributed by atoms with Crippen LogP contribution in [0.1, 0.15) is 10.4 Å². The summed E-state index contributed by atoms with van der Waals surface area (Å²) in [7, 11) is 0. The van der Waals surface area contributed by atoms with E-state index in [4.69, 9.17) is 5.11 Å². The predicted octanol–water partition coefficient (Wildman–Crippen LogP) is -0.0294. The maximum absolute atomic E-state index is 12.3. The van der Waals surface area contributed by atoms with E-state index < -0.39 is 24.0 Å². The lowest BCUT2D eigenvalue weighted by molar-refractivity contribution is -0.144. The van der Waals surface area contributed by atoms with Crippen LogP contribution in [-0.4, -0.2) is 68.6 Å². The highest BCUT2D eigenvalue weighted by Gasteiger charge is 2.37. The van der Waals surface area contributed by atoms with Crippen LogP contribution < -0.4 is 0 Å². The zero-order valence-corrected chi connectivity index (χ0v) is 10.5. The molecule has 0 radical (unpaired) electrons. The normalized spacial score (nSPS) is 18.7. The van der Waals surface area contributed by atoms with Gasteiger partial charge >= 0.3 is 12.1 Å². The lowest BCUT2D eigenvalue weighted by Gasteiger charge is -2.38. The Labute approximate surface area is 114 Å². The number of rotatable bonds is 2. The van der Waals surface area contributed by atoms with Crippen molar-refractivity contribution in [2.24, 2.45) is 0 Å². The summed E-state index contributed by atoms with van der Waals surface area (Å²) >= 11 is 0. The summed E-state index contributed by atoms with van der Waals surface area (Å²) in [5, 5.41) is 18.1. The van der Waals surface area contributed by atoms with Crippen LogP contribution in [0.2, 0.25) is 0 Å². The minimum absolute atomic E-state index is 0.0461. The van der Waals surface area contributed by atoms with E-state index in [0.717, 1.165) is 4.90 Å². The molecule has 2 amide bonds. The molecule has 0 saturated carbocycles. The minimum atomic E-state index is -1.22. The summed E-state index contributed by atoms with van der Waals surface area (Å²) in [4.78, 5) is 40.4. The van der Waals surface area contributed by atoms with Gasteiger partial charge in [0.05, 0.1) is 6.54 Å². The van der Waals surface area contributed by atoms with Crippen molar-refractivity contribution in [1.29, 1.82) is 0 Å². The molecule has 1 aliphatic heterocycles. The SMILES string of the molecule is O=C(O)C1CN(C(=O)O)CCN1C(=O)c1ccncc1. The second-order valence-corrected chi connectivity index (χ2v) is 4.32. The van der Waals surface area contributed by atoms with E-state index >= 15 is 0 Å². The van der Waals surface area contributed by atoms with Crippen LogP contribution in [0.25, 0.3) is 0 Å². The first kappa shape index (κ1) is 13.8. The van der Waals surface area contributed by atoms with E-state index in [9.17, 15) is 19.5 Å². The molecule has 8 heteroatoms. The summed E-state index contributed by atoms with van der Waals surface area (Å²) in [6, 6.07) is 1.80. The van der Waals surface area contributed by atoms with E-state index in [-0.39, 0.29) is 19.6 Å². The number of carbonyl (C=O) groups is 3. The van der Waals surface area contributed by atoms with Crippen LogP contribution in [-0.2, 0) is 4.79 Å². The van der Waals surface area contributed by atoms with Gasteiger partial charge in [-0.1, -0.05) is 0 Å². The average Bonchev–Trinajstić information content (AvgIpc) is 2.46. The first-order chi connectivity index (χ1) is 9.50. The van der Waals surface area contributed by atoms with Gasteiger partial charge in [0.25, 0.3) is 5.91 Å². The lowest BCUT2D eigenvalue weighted by Crippen LogP contribution is -2.59. The molecule has 1 aliphatic rings. The Kier molecular flexibility index (Phi) is 3.83. The van der Waals surface area contributed by atoms with Crippen molar-refractivity contribution in [2.75, 3.05) is 19.6 Å². The fraction of sp³-hybridized carbons (Fsp3) is 0.333. The highest BCUT2D eigenvalue weighted by Crippen LogP contribution is 2.14. The lowest BCUT2D eigenvalue weighted by atomic mass is 10.1. The number of aliphatic carboxylic acids is 1. The quantitative estimate of drug-likeness (QED) is 0.786. The molecule has 1 fully saturated rings. The van der Waals surface area contributed by atoms with Crippen LogP contribution in [0, 0.1) is 0 Å². The Hall–Kier alpha value is -2.64. The smallest absolute Gasteiger partial charge is 0.407 e. The monoisotopic (exact) mass is 279 g/mol. The van der Waals surface area contributed by atoms with Crippen LogP contribution in [0.4, 0.5) is 4.79 Å². The summed E-state index contributed by atoms with van der Waals surface area (Å²) in [6.07, 6.45) is 1.69. The maximum Gasteiger partial charge on any atom is 0.407 e. The van der Waals surface area contributed by atoms with Gasteiger partial charge in [0, 0.05) is 31.0 Å². The van der Waals surface area contributed by atoms with Crippen LogP contribution in [0.5, 0.6) is 0 Å². The largest absolute Gasteiger partial charge is 0.480 e. The third-order valence-corrected chi connectivity index (χ3v) is 3.12. The Morgan fingerprint density at radius 3 is 2.35 bits per heavy atom. The molecule has 2 N–H and O–H groups in total. The number of aromatic nitrogens is 1. The first-order valence-electron chi connectivity index (χ1n) is 5.92. The van der Waals surface area contributed by atoms with Gasteiger partial charge in [-0.25, -0.2) is 9.59 Å².